The summed E-state index contributed by atoms with van der Waals surface area (Å²) < 4.78 is 27.0. The highest BCUT2D eigenvalue weighted by atomic mass is 79.9. The lowest BCUT2D eigenvalue weighted by Crippen LogP contribution is -2.30. The van der Waals surface area contributed by atoms with Crippen LogP contribution in [0, 0.1) is 11.6 Å². The molecule has 110 valence electrons. The molecule has 0 saturated carbocycles. The maximum absolute atomic E-state index is 13.3. The van der Waals surface area contributed by atoms with Gasteiger partial charge in [-0.2, -0.15) is 0 Å². The molecule has 0 bridgehead atoms. The molecule has 0 aliphatic rings. The third-order valence-electron chi connectivity index (χ3n) is 3.43. The number of rotatable bonds is 3. The second-order valence-corrected chi connectivity index (χ2v) is 5.60. The SMILES string of the molecule is CC(c1ccc(F)c(F)c1)N(C)C(=O)c1ccccc1Br. The fourth-order valence-corrected chi connectivity index (χ4v) is 2.45. The molecule has 1 amide bonds. The van der Waals surface area contributed by atoms with Crippen molar-refractivity contribution in [3.8, 4) is 0 Å². The van der Waals surface area contributed by atoms with Crippen molar-refractivity contribution in [1.82, 2.24) is 4.90 Å². The summed E-state index contributed by atoms with van der Waals surface area (Å²) >= 11 is 3.33. The topological polar surface area (TPSA) is 20.3 Å². The molecule has 0 fully saturated rings. The average molecular weight is 354 g/mol. The highest BCUT2D eigenvalue weighted by molar-refractivity contribution is 9.10. The number of carbonyl (C=O) groups is 1. The zero-order chi connectivity index (χ0) is 15.6. The van der Waals surface area contributed by atoms with Crippen LogP contribution in [0.3, 0.4) is 0 Å². The predicted octanol–water partition coefficient (Wildman–Crippen LogP) is 4.56. The molecule has 2 nitrogen and oxygen atoms in total. The molecule has 0 radical (unpaired) electrons. The van der Waals surface area contributed by atoms with Crippen molar-refractivity contribution >= 4 is 21.8 Å². The van der Waals surface area contributed by atoms with Crippen molar-refractivity contribution in [2.24, 2.45) is 0 Å². The van der Waals surface area contributed by atoms with Gasteiger partial charge in [-0.3, -0.25) is 4.79 Å². The van der Waals surface area contributed by atoms with Gasteiger partial charge in [-0.25, -0.2) is 8.78 Å². The van der Waals surface area contributed by atoms with Gasteiger partial charge >= 0.3 is 0 Å². The van der Waals surface area contributed by atoms with E-state index in [9.17, 15) is 13.6 Å². The molecule has 21 heavy (non-hydrogen) atoms. The van der Waals surface area contributed by atoms with Crippen molar-refractivity contribution < 1.29 is 13.6 Å². The lowest BCUT2D eigenvalue weighted by Gasteiger charge is -2.26. The molecule has 1 atom stereocenters. The molecule has 2 rings (SSSR count). The van der Waals surface area contributed by atoms with Crippen LogP contribution in [-0.2, 0) is 0 Å². The van der Waals surface area contributed by atoms with E-state index in [4.69, 9.17) is 0 Å². The minimum absolute atomic E-state index is 0.195. The average Bonchev–Trinajstić information content (AvgIpc) is 2.48. The first-order valence-electron chi connectivity index (χ1n) is 6.38. The highest BCUT2D eigenvalue weighted by Crippen LogP contribution is 2.25. The Labute approximate surface area is 130 Å². The van der Waals surface area contributed by atoms with Gasteiger partial charge in [0.15, 0.2) is 11.6 Å². The summed E-state index contributed by atoms with van der Waals surface area (Å²) in [6, 6.07) is 10.4. The maximum Gasteiger partial charge on any atom is 0.255 e. The van der Waals surface area contributed by atoms with Gasteiger partial charge in [-0.15, -0.1) is 0 Å². The number of amides is 1. The minimum Gasteiger partial charge on any atom is -0.335 e. The minimum atomic E-state index is -0.916. The Morgan fingerprint density at radius 2 is 1.81 bits per heavy atom. The summed E-state index contributed by atoms with van der Waals surface area (Å²) in [5, 5.41) is 0. The van der Waals surface area contributed by atoms with Crippen LogP contribution in [0.15, 0.2) is 46.9 Å². The summed E-state index contributed by atoms with van der Waals surface area (Å²) in [6.45, 7) is 1.77. The number of halogens is 3. The number of hydrogen-bond acceptors (Lipinski definition) is 1. The Kier molecular flexibility index (Phi) is 4.73. The molecular weight excluding hydrogens is 340 g/mol. The van der Waals surface area contributed by atoms with E-state index >= 15 is 0 Å². The molecular formula is C16H14BrF2NO. The largest absolute Gasteiger partial charge is 0.335 e. The van der Waals surface area contributed by atoms with Gasteiger partial charge in [-0.05, 0) is 52.7 Å². The van der Waals surface area contributed by atoms with Gasteiger partial charge in [0, 0.05) is 11.5 Å². The normalized spacial score (nSPS) is 12.0. The van der Waals surface area contributed by atoms with Crippen molar-refractivity contribution in [3.63, 3.8) is 0 Å². The van der Waals surface area contributed by atoms with E-state index in [1.54, 1.807) is 32.2 Å². The van der Waals surface area contributed by atoms with Crippen LogP contribution in [0.5, 0.6) is 0 Å². The standard InChI is InChI=1S/C16H14BrF2NO/c1-10(11-7-8-14(18)15(19)9-11)20(2)16(21)12-5-3-4-6-13(12)17/h3-10H,1-2H3. The van der Waals surface area contributed by atoms with Crippen LogP contribution >= 0.6 is 15.9 Å². The fraction of sp³-hybridized carbons (Fsp3) is 0.188. The van der Waals surface area contributed by atoms with Crippen LogP contribution < -0.4 is 0 Å². The molecule has 1 unspecified atom stereocenters. The first-order valence-corrected chi connectivity index (χ1v) is 7.17. The summed E-state index contributed by atoms with van der Waals surface area (Å²) in [7, 11) is 1.63. The first kappa shape index (κ1) is 15.6. The highest BCUT2D eigenvalue weighted by Gasteiger charge is 2.21. The lowest BCUT2D eigenvalue weighted by molar-refractivity contribution is 0.0741. The molecule has 2 aromatic carbocycles. The summed E-state index contributed by atoms with van der Waals surface area (Å²) in [4.78, 5) is 14.0. The number of nitrogens with zero attached hydrogens (tertiary/aromatic N) is 1. The quantitative estimate of drug-likeness (QED) is 0.791. The maximum atomic E-state index is 13.3. The second kappa shape index (κ2) is 6.35. The van der Waals surface area contributed by atoms with Gasteiger partial charge in [0.25, 0.3) is 5.91 Å². The Balaban J connectivity index is 2.26. The predicted molar refractivity (Wildman–Crippen MR) is 81.0 cm³/mol. The van der Waals surface area contributed by atoms with Gasteiger partial charge in [0.05, 0.1) is 11.6 Å². The number of carbonyl (C=O) groups excluding carboxylic acids is 1. The Hall–Kier alpha value is -1.75. The molecule has 2 aromatic rings. The van der Waals surface area contributed by atoms with E-state index in [0.29, 0.717) is 15.6 Å². The van der Waals surface area contributed by atoms with E-state index in [1.807, 2.05) is 6.07 Å². The lowest BCUT2D eigenvalue weighted by atomic mass is 10.1. The van der Waals surface area contributed by atoms with E-state index in [1.165, 1.54) is 11.0 Å². The Bertz CT molecular complexity index is 675. The van der Waals surface area contributed by atoms with Crippen molar-refractivity contribution in [2.75, 3.05) is 7.05 Å². The van der Waals surface area contributed by atoms with Crippen molar-refractivity contribution in [1.29, 1.82) is 0 Å². The smallest absolute Gasteiger partial charge is 0.255 e. The molecule has 5 heteroatoms. The van der Waals surface area contributed by atoms with Crippen LogP contribution in [-0.4, -0.2) is 17.9 Å². The third-order valence-corrected chi connectivity index (χ3v) is 4.12. The van der Waals surface area contributed by atoms with E-state index in [-0.39, 0.29) is 11.9 Å². The molecule has 0 aromatic heterocycles. The number of hydrogen-bond donors (Lipinski definition) is 0. The van der Waals surface area contributed by atoms with Crippen LogP contribution in [0.1, 0.15) is 28.9 Å². The number of benzene rings is 2. The van der Waals surface area contributed by atoms with Crippen molar-refractivity contribution in [2.45, 2.75) is 13.0 Å². The van der Waals surface area contributed by atoms with Crippen molar-refractivity contribution in [3.05, 3.63) is 69.7 Å². The van der Waals surface area contributed by atoms with Crippen LogP contribution in [0.2, 0.25) is 0 Å². The van der Waals surface area contributed by atoms with E-state index in [0.717, 1.165) is 12.1 Å². The summed E-state index contributed by atoms with van der Waals surface area (Å²) in [6.07, 6.45) is 0. The fourth-order valence-electron chi connectivity index (χ4n) is 2.00. The molecule has 0 spiro atoms. The monoisotopic (exact) mass is 353 g/mol. The van der Waals surface area contributed by atoms with Gasteiger partial charge < -0.3 is 4.90 Å². The summed E-state index contributed by atoms with van der Waals surface area (Å²) in [5.74, 6) is -2.01. The van der Waals surface area contributed by atoms with E-state index in [2.05, 4.69) is 15.9 Å². The summed E-state index contributed by atoms with van der Waals surface area (Å²) in [5.41, 5.74) is 1.06. The molecule has 0 aliphatic heterocycles. The Morgan fingerprint density at radius 3 is 2.43 bits per heavy atom. The molecule has 0 aliphatic carbocycles. The van der Waals surface area contributed by atoms with Crippen LogP contribution in [0.25, 0.3) is 0 Å². The first-order chi connectivity index (χ1) is 9.91. The van der Waals surface area contributed by atoms with Gasteiger partial charge in [0.2, 0.25) is 0 Å². The van der Waals surface area contributed by atoms with Gasteiger partial charge in [0.1, 0.15) is 0 Å². The molecule has 0 heterocycles. The molecule has 0 N–H and O–H groups in total. The van der Waals surface area contributed by atoms with Crippen LogP contribution in [0.4, 0.5) is 8.78 Å². The zero-order valence-electron chi connectivity index (χ0n) is 11.6. The molecule has 0 saturated heterocycles. The third kappa shape index (κ3) is 3.29. The van der Waals surface area contributed by atoms with Gasteiger partial charge in [-0.1, -0.05) is 18.2 Å². The second-order valence-electron chi connectivity index (χ2n) is 4.75. The Morgan fingerprint density at radius 1 is 1.14 bits per heavy atom. The zero-order valence-corrected chi connectivity index (χ0v) is 13.2. The van der Waals surface area contributed by atoms with E-state index < -0.39 is 11.6 Å².